The van der Waals surface area contributed by atoms with E-state index in [0.717, 1.165) is 22.5 Å². The first kappa shape index (κ1) is 18.3. The average molecular weight is 341 g/mol. The maximum absolute atomic E-state index is 12.4. The van der Waals surface area contributed by atoms with Crippen LogP contribution in [0.1, 0.15) is 18.1 Å². The number of aryl methyl sites for hydroxylation is 2. The van der Waals surface area contributed by atoms with Gasteiger partial charge in [0.25, 0.3) is 5.91 Å². The van der Waals surface area contributed by atoms with E-state index in [2.05, 4.69) is 10.6 Å². The molecular weight excluding hydrogens is 318 g/mol. The lowest BCUT2D eigenvalue weighted by atomic mass is 10.1. The van der Waals surface area contributed by atoms with E-state index in [9.17, 15) is 9.59 Å². The number of primary amides is 1. The molecule has 0 aliphatic carbocycles. The Bertz CT molecular complexity index is 737. The van der Waals surface area contributed by atoms with Crippen molar-refractivity contribution in [2.24, 2.45) is 5.73 Å². The standard InChI is InChI=1S/C19H23N3O3/c1-12-5-4-6-13(2)18(12)22-19(24)14(3)21-15-7-9-16(10-8-15)25-11-17(20)23/h4-10,14,21H,11H2,1-3H3,(H2,20,23)(H,22,24). The van der Waals surface area contributed by atoms with Gasteiger partial charge in [0, 0.05) is 11.4 Å². The number of nitrogens with one attached hydrogen (secondary N) is 2. The summed E-state index contributed by atoms with van der Waals surface area (Å²) in [5.41, 5.74) is 8.70. The van der Waals surface area contributed by atoms with Crippen molar-refractivity contribution < 1.29 is 14.3 Å². The van der Waals surface area contributed by atoms with Crippen LogP contribution in [0.2, 0.25) is 0 Å². The van der Waals surface area contributed by atoms with Gasteiger partial charge in [0.2, 0.25) is 5.91 Å². The van der Waals surface area contributed by atoms with E-state index < -0.39 is 11.9 Å². The monoisotopic (exact) mass is 341 g/mol. The molecule has 2 aromatic rings. The average Bonchev–Trinajstić information content (AvgIpc) is 2.57. The first-order valence-electron chi connectivity index (χ1n) is 8.01. The molecule has 132 valence electrons. The molecule has 6 nitrogen and oxygen atoms in total. The number of benzene rings is 2. The van der Waals surface area contributed by atoms with E-state index in [0.29, 0.717) is 5.75 Å². The third-order valence-corrected chi connectivity index (χ3v) is 3.74. The number of carbonyl (C=O) groups excluding carboxylic acids is 2. The van der Waals surface area contributed by atoms with Gasteiger partial charge in [0.1, 0.15) is 11.8 Å². The number of carbonyl (C=O) groups is 2. The van der Waals surface area contributed by atoms with Crippen molar-refractivity contribution >= 4 is 23.2 Å². The summed E-state index contributed by atoms with van der Waals surface area (Å²) in [5.74, 6) is -0.109. The fourth-order valence-electron chi connectivity index (χ4n) is 2.36. The molecule has 1 unspecified atom stereocenters. The fraction of sp³-hybridized carbons (Fsp3) is 0.263. The third kappa shape index (κ3) is 5.24. The summed E-state index contributed by atoms with van der Waals surface area (Å²) in [6.07, 6.45) is 0. The quantitative estimate of drug-likeness (QED) is 0.721. The molecule has 2 rings (SSSR count). The molecule has 0 fully saturated rings. The lowest BCUT2D eigenvalue weighted by Crippen LogP contribution is -2.32. The SMILES string of the molecule is Cc1cccc(C)c1NC(=O)C(C)Nc1ccc(OCC(N)=O)cc1. The maximum atomic E-state index is 12.4. The van der Waals surface area contributed by atoms with Crippen LogP contribution in [-0.4, -0.2) is 24.5 Å². The Balaban J connectivity index is 1.95. The molecule has 4 N–H and O–H groups in total. The van der Waals surface area contributed by atoms with Gasteiger partial charge in [-0.05, 0) is 56.2 Å². The maximum Gasteiger partial charge on any atom is 0.255 e. The zero-order valence-electron chi connectivity index (χ0n) is 14.6. The number of anilines is 2. The summed E-state index contributed by atoms with van der Waals surface area (Å²) in [6, 6.07) is 12.4. The van der Waals surface area contributed by atoms with Crippen LogP contribution in [0.15, 0.2) is 42.5 Å². The minimum atomic E-state index is -0.529. The molecule has 0 aromatic heterocycles. The van der Waals surface area contributed by atoms with Crippen molar-refractivity contribution in [1.82, 2.24) is 0 Å². The number of nitrogens with two attached hydrogens (primary N) is 1. The zero-order chi connectivity index (χ0) is 18.4. The molecule has 6 heteroatoms. The molecule has 2 amide bonds. The number of ether oxygens (including phenoxy) is 1. The third-order valence-electron chi connectivity index (χ3n) is 3.74. The van der Waals surface area contributed by atoms with Crippen molar-refractivity contribution in [2.75, 3.05) is 17.2 Å². The second-order valence-electron chi connectivity index (χ2n) is 5.90. The van der Waals surface area contributed by atoms with Gasteiger partial charge in [-0.2, -0.15) is 0 Å². The molecule has 0 aliphatic heterocycles. The van der Waals surface area contributed by atoms with Crippen LogP contribution < -0.4 is 21.1 Å². The highest BCUT2D eigenvalue weighted by atomic mass is 16.5. The Hall–Kier alpha value is -3.02. The van der Waals surface area contributed by atoms with E-state index in [-0.39, 0.29) is 12.5 Å². The number of rotatable bonds is 7. The van der Waals surface area contributed by atoms with Crippen molar-refractivity contribution in [3.05, 3.63) is 53.6 Å². The summed E-state index contributed by atoms with van der Waals surface area (Å²) in [6.45, 7) is 5.55. The van der Waals surface area contributed by atoms with Gasteiger partial charge in [0.15, 0.2) is 6.61 Å². The minimum absolute atomic E-state index is 0.119. The first-order chi connectivity index (χ1) is 11.9. The van der Waals surface area contributed by atoms with Crippen molar-refractivity contribution in [1.29, 1.82) is 0 Å². The normalized spacial score (nSPS) is 11.5. The van der Waals surface area contributed by atoms with Crippen LogP contribution >= 0.6 is 0 Å². The molecule has 0 aliphatic rings. The van der Waals surface area contributed by atoms with Crippen LogP contribution in [0.4, 0.5) is 11.4 Å². The lowest BCUT2D eigenvalue weighted by molar-refractivity contribution is -0.120. The van der Waals surface area contributed by atoms with Crippen LogP contribution in [0.5, 0.6) is 5.75 Å². The van der Waals surface area contributed by atoms with E-state index in [1.807, 2.05) is 32.0 Å². The topological polar surface area (TPSA) is 93.4 Å². The molecular formula is C19H23N3O3. The summed E-state index contributed by atoms with van der Waals surface area (Å²) in [5, 5.41) is 6.10. The van der Waals surface area contributed by atoms with Gasteiger partial charge < -0.3 is 21.1 Å². The van der Waals surface area contributed by atoms with Crippen LogP contribution in [0.25, 0.3) is 0 Å². The van der Waals surface area contributed by atoms with Crippen molar-refractivity contribution in [3.8, 4) is 5.75 Å². The predicted molar refractivity (Wildman–Crippen MR) is 98.8 cm³/mol. The number of amides is 2. The van der Waals surface area contributed by atoms with Gasteiger partial charge in [-0.1, -0.05) is 18.2 Å². The number of para-hydroxylation sites is 1. The molecule has 2 aromatic carbocycles. The Labute approximate surface area is 147 Å². The second-order valence-corrected chi connectivity index (χ2v) is 5.90. The predicted octanol–water partition coefficient (Wildman–Crippen LogP) is 2.61. The Morgan fingerprint density at radius 1 is 1.08 bits per heavy atom. The van der Waals surface area contributed by atoms with Gasteiger partial charge in [-0.25, -0.2) is 0 Å². The molecule has 0 saturated carbocycles. The number of hydrogen-bond acceptors (Lipinski definition) is 4. The lowest BCUT2D eigenvalue weighted by Gasteiger charge is -2.18. The highest BCUT2D eigenvalue weighted by Crippen LogP contribution is 2.20. The molecule has 0 saturated heterocycles. The molecule has 0 radical (unpaired) electrons. The Kier molecular flexibility index (Phi) is 6.00. The van der Waals surface area contributed by atoms with Gasteiger partial charge >= 0.3 is 0 Å². The van der Waals surface area contributed by atoms with Crippen LogP contribution in [0.3, 0.4) is 0 Å². The van der Waals surface area contributed by atoms with Gasteiger partial charge in [0.05, 0.1) is 0 Å². The molecule has 1 atom stereocenters. The van der Waals surface area contributed by atoms with Crippen molar-refractivity contribution in [2.45, 2.75) is 26.8 Å². The van der Waals surface area contributed by atoms with Crippen LogP contribution in [0, 0.1) is 13.8 Å². The van der Waals surface area contributed by atoms with E-state index in [1.165, 1.54) is 0 Å². The molecule has 0 heterocycles. The Morgan fingerprint density at radius 3 is 2.24 bits per heavy atom. The fourth-order valence-corrected chi connectivity index (χ4v) is 2.36. The Morgan fingerprint density at radius 2 is 1.68 bits per heavy atom. The first-order valence-corrected chi connectivity index (χ1v) is 8.01. The summed E-state index contributed by atoms with van der Waals surface area (Å²) < 4.78 is 5.20. The number of hydrogen-bond donors (Lipinski definition) is 3. The van der Waals surface area contributed by atoms with Crippen LogP contribution in [-0.2, 0) is 9.59 Å². The molecule has 0 bridgehead atoms. The van der Waals surface area contributed by atoms with E-state index in [4.69, 9.17) is 10.5 Å². The molecule has 25 heavy (non-hydrogen) atoms. The van der Waals surface area contributed by atoms with Crippen molar-refractivity contribution in [3.63, 3.8) is 0 Å². The summed E-state index contributed by atoms with van der Waals surface area (Å²) in [7, 11) is 0. The van der Waals surface area contributed by atoms with Gasteiger partial charge in [-0.15, -0.1) is 0 Å². The van der Waals surface area contributed by atoms with E-state index >= 15 is 0 Å². The molecule has 0 spiro atoms. The van der Waals surface area contributed by atoms with E-state index in [1.54, 1.807) is 31.2 Å². The highest BCUT2D eigenvalue weighted by Gasteiger charge is 2.14. The second kappa shape index (κ2) is 8.19. The zero-order valence-corrected chi connectivity index (χ0v) is 14.6. The minimum Gasteiger partial charge on any atom is -0.484 e. The largest absolute Gasteiger partial charge is 0.484 e. The highest BCUT2D eigenvalue weighted by molar-refractivity contribution is 5.97. The summed E-state index contributed by atoms with van der Waals surface area (Å²) in [4.78, 5) is 23.1. The smallest absolute Gasteiger partial charge is 0.255 e. The summed E-state index contributed by atoms with van der Waals surface area (Å²) >= 11 is 0. The van der Waals surface area contributed by atoms with Gasteiger partial charge in [-0.3, -0.25) is 9.59 Å².